The van der Waals surface area contributed by atoms with Gasteiger partial charge in [-0.25, -0.2) is 13.8 Å². The Labute approximate surface area is 120 Å². The highest BCUT2D eigenvalue weighted by Crippen LogP contribution is 2.21. The fourth-order valence-corrected chi connectivity index (χ4v) is 1.97. The molecule has 1 heterocycles. The minimum atomic E-state index is -0.576. The number of oxazole rings is 1. The molecule has 0 radical (unpaired) electrons. The zero-order valence-electron chi connectivity index (χ0n) is 11.0. The molecule has 0 unspecified atom stereocenters. The molecule has 3 nitrogen and oxygen atoms in total. The van der Waals surface area contributed by atoms with Crippen LogP contribution in [0.5, 0.6) is 0 Å². The predicted octanol–water partition coefficient (Wildman–Crippen LogP) is 4.23. The number of nitrogens with one attached hydrogen (secondary N) is 1. The molecule has 0 spiro atoms. The maximum Gasteiger partial charge on any atom is 0.181 e. The molecule has 5 heteroatoms. The Morgan fingerprint density at radius 2 is 1.86 bits per heavy atom. The number of hydrogen-bond acceptors (Lipinski definition) is 3. The lowest BCUT2D eigenvalue weighted by Gasteiger charge is -2.08. The number of rotatable bonds is 4. The molecule has 0 fully saturated rings. The summed E-state index contributed by atoms with van der Waals surface area (Å²) in [5.74, 6) is -0.445. The molecule has 0 amide bonds. The minimum Gasteiger partial charge on any atom is -0.444 e. The van der Waals surface area contributed by atoms with Crippen molar-refractivity contribution in [3.05, 3.63) is 72.3 Å². The van der Waals surface area contributed by atoms with Gasteiger partial charge in [-0.15, -0.1) is 0 Å². The van der Waals surface area contributed by atoms with E-state index in [9.17, 15) is 8.78 Å². The third-order valence-electron chi connectivity index (χ3n) is 3.10. The first-order valence-corrected chi connectivity index (χ1v) is 6.39. The quantitative estimate of drug-likeness (QED) is 0.780. The average Bonchev–Trinajstić information content (AvgIpc) is 3.01. The van der Waals surface area contributed by atoms with Gasteiger partial charge < -0.3 is 9.73 Å². The van der Waals surface area contributed by atoms with E-state index >= 15 is 0 Å². The van der Waals surface area contributed by atoms with Crippen LogP contribution in [-0.2, 0) is 6.54 Å². The van der Waals surface area contributed by atoms with Crippen molar-refractivity contribution in [2.24, 2.45) is 0 Å². The zero-order chi connectivity index (χ0) is 14.7. The monoisotopic (exact) mass is 286 g/mol. The van der Waals surface area contributed by atoms with Crippen LogP contribution < -0.4 is 5.32 Å². The van der Waals surface area contributed by atoms with Gasteiger partial charge in [-0.2, -0.15) is 0 Å². The number of nitrogens with zero attached hydrogens (tertiary/aromatic N) is 1. The number of anilines is 1. The fraction of sp³-hybridized carbons (Fsp3) is 0.0625. The molecule has 3 aromatic rings. The third-order valence-corrected chi connectivity index (χ3v) is 3.10. The van der Waals surface area contributed by atoms with Gasteiger partial charge in [0.2, 0.25) is 0 Å². The Morgan fingerprint density at radius 1 is 1.05 bits per heavy atom. The van der Waals surface area contributed by atoms with Gasteiger partial charge >= 0.3 is 0 Å². The fourth-order valence-electron chi connectivity index (χ4n) is 1.97. The normalized spacial score (nSPS) is 10.6. The van der Waals surface area contributed by atoms with E-state index in [-0.39, 0.29) is 6.54 Å². The molecule has 0 aliphatic carbocycles. The molecule has 3 rings (SSSR count). The molecule has 0 aliphatic heterocycles. The van der Waals surface area contributed by atoms with Gasteiger partial charge in [0.25, 0.3) is 0 Å². The lowest BCUT2D eigenvalue weighted by Crippen LogP contribution is -2.02. The summed E-state index contributed by atoms with van der Waals surface area (Å²) in [5.41, 5.74) is 2.16. The van der Waals surface area contributed by atoms with Crippen LogP contribution in [0.2, 0.25) is 0 Å². The van der Waals surface area contributed by atoms with E-state index in [2.05, 4.69) is 10.3 Å². The Balaban J connectivity index is 1.68. The highest BCUT2D eigenvalue weighted by atomic mass is 19.1. The van der Waals surface area contributed by atoms with Gasteiger partial charge in [0.05, 0.1) is 6.20 Å². The second-order valence-corrected chi connectivity index (χ2v) is 4.53. The van der Waals surface area contributed by atoms with Gasteiger partial charge in [-0.3, -0.25) is 0 Å². The Hall–Kier alpha value is -2.69. The average molecular weight is 286 g/mol. The van der Waals surface area contributed by atoms with Crippen molar-refractivity contribution in [3.63, 3.8) is 0 Å². The van der Waals surface area contributed by atoms with E-state index in [4.69, 9.17) is 4.42 Å². The number of halogens is 2. The van der Waals surface area contributed by atoms with E-state index in [1.807, 2.05) is 24.3 Å². The summed E-state index contributed by atoms with van der Waals surface area (Å²) in [6.07, 6.45) is 3.01. The SMILES string of the molecule is Fc1ccc(CNc2ccc(-c3cnco3)cc2)c(F)c1. The molecule has 0 saturated carbocycles. The van der Waals surface area contributed by atoms with Crippen LogP contribution in [0, 0.1) is 11.6 Å². The third kappa shape index (κ3) is 3.08. The highest BCUT2D eigenvalue weighted by molar-refractivity contribution is 5.60. The smallest absolute Gasteiger partial charge is 0.181 e. The number of hydrogen-bond donors (Lipinski definition) is 1. The maximum atomic E-state index is 13.5. The van der Waals surface area contributed by atoms with Crippen molar-refractivity contribution in [3.8, 4) is 11.3 Å². The van der Waals surface area contributed by atoms with E-state index in [0.29, 0.717) is 11.3 Å². The van der Waals surface area contributed by atoms with Gasteiger partial charge in [-0.1, -0.05) is 6.07 Å². The lowest BCUT2D eigenvalue weighted by atomic mass is 10.1. The first-order chi connectivity index (χ1) is 10.2. The summed E-state index contributed by atoms with van der Waals surface area (Å²) in [5, 5.41) is 3.09. The van der Waals surface area contributed by atoms with Gasteiger partial charge in [0.15, 0.2) is 12.2 Å². The van der Waals surface area contributed by atoms with Crippen molar-refractivity contribution in [2.75, 3.05) is 5.32 Å². The topological polar surface area (TPSA) is 38.1 Å². The molecule has 21 heavy (non-hydrogen) atoms. The molecule has 106 valence electrons. The van der Waals surface area contributed by atoms with Crippen molar-refractivity contribution in [2.45, 2.75) is 6.54 Å². The molecule has 0 aliphatic rings. The van der Waals surface area contributed by atoms with Crippen LogP contribution in [0.3, 0.4) is 0 Å². The summed E-state index contributed by atoms with van der Waals surface area (Å²) in [6.45, 7) is 0.285. The highest BCUT2D eigenvalue weighted by Gasteiger charge is 2.04. The van der Waals surface area contributed by atoms with Crippen molar-refractivity contribution < 1.29 is 13.2 Å². The first-order valence-electron chi connectivity index (χ1n) is 6.39. The summed E-state index contributed by atoms with van der Waals surface area (Å²) in [4.78, 5) is 3.86. The second kappa shape index (κ2) is 5.75. The Bertz CT molecular complexity index is 725. The largest absolute Gasteiger partial charge is 0.444 e. The molecule has 0 bridgehead atoms. The predicted molar refractivity (Wildman–Crippen MR) is 75.6 cm³/mol. The van der Waals surface area contributed by atoms with Gasteiger partial charge in [0.1, 0.15) is 11.6 Å². The van der Waals surface area contributed by atoms with Crippen molar-refractivity contribution in [1.29, 1.82) is 0 Å². The summed E-state index contributed by atoms with van der Waals surface area (Å²) < 4.78 is 31.5. The van der Waals surface area contributed by atoms with Crippen molar-refractivity contribution in [1.82, 2.24) is 4.98 Å². The van der Waals surface area contributed by atoms with E-state index in [1.54, 1.807) is 6.20 Å². The van der Waals surface area contributed by atoms with Gasteiger partial charge in [-0.05, 0) is 30.3 Å². The Morgan fingerprint density at radius 3 is 2.52 bits per heavy atom. The maximum absolute atomic E-state index is 13.5. The van der Waals surface area contributed by atoms with Crippen LogP contribution in [0.1, 0.15) is 5.56 Å². The summed E-state index contributed by atoms with van der Waals surface area (Å²) in [6, 6.07) is 11.0. The molecular weight excluding hydrogens is 274 g/mol. The second-order valence-electron chi connectivity index (χ2n) is 4.53. The van der Waals surface area contributed by atoms with Crippen LogP contribution in [0.4, 0.5) is 14.5 Å². The van der Waals surface area contributed by atoms with E-state index < -0.39 is 11.6 Å². The lowest BCUT2D eigenvalue weighted by molar-refractivity contribution is 0.572. The van der Waals surface area contributed by atoms with E-state index in [1.165, 1.54) is 18.5 Å². The van der Waals surface area contributed by atoms with Crippen LogP contribution in [0.25, 0.3) is 11.3 Å². The van der Waals surface area contributed by atoms with Gasteiger partial charge in [0, 0.05) is 29.4 Å². The molecule has 0 saturated heterocycles. The zero-order valence-corrected chi connectivity index (χ0v) is 11.0. The van der Waals surface area contributed by atoms with Crippen LogP contribution in [-0.4, -0.2) is 4.98 Å². The van der Waals surface area contributed by atoms with Crippen LogP contribution >= 0.6 is 0 Å². The molecule has 1 N–H and O–H groups in total. The first kappa shape index (κ1) is 13.3. The van der Waals surface area contributed by atoms with Crippen molar-refractivity contribution >= 4 is 5.69 Å². The molecule has 0 atom stereocenters. The molecule has 1 aromatic heterocycles. The standard InChI is InChI=1S/C16H12F2N2O/c17-13-4-1-12(15(18)7-13)8-20-14-5-2-11(3-6-14)16-9-19-10-21-16/h1-7,9-10,20H,8H2. The summed E-state index contributed by atoms with van der Waals surface area (Å²) in [7, 11) is 0. The summed E-state index contributed by atoms with van der Waals surface area (Å²) >= 11 is 0. The number of benzene rings is 2. The van der Waals surface area contributed by atoms with Crippen LogP contribution in [0.15, 0.2) is 59.5 Å². The minimum absolute atomic E-state index is 0.285. The molecule has 2 aromatic carbocycles. The Kier molecular flexibility index (Phi) is 3.64. The number of aromatic nitrogens is 1. The molecular formula is C16H12F2N2O. The van der Waals surface area contributed by atoms with E-state index in [0.717, 1.165) is 17.3 Å².